The van der Waals surface area contributed by atoms with Crippen molar-refractivity contribution in [2.45, 2.75) is 40.7 Å². The number of aromatic amines is 1. The summed E-state index contributed by atoms with van der Waals surface area (Å²) in [6.45, 7) is 7.70. The van der Waals surface area contributed by atoms with Crippen molar-refractivity contribution < 1.29 is 23.9 Å². The predicted octanol–water partition coefficient (Wildman–Crippen LogP) is 2.80. The molecule has 26 heavy (non-hydrogen) atoms. The highest BCUT2D eigenvalue weighted by Crippen LogP contribution is 2.21. The zero-order chi connectivity index (χ0) is 19.8. The molecular weight excluding hydrogens is 336 g/mol. The number of ketones is 3. The van der Waals surface area contributed by atoms with Crippen molar-refractivity contribution in [1.29, 1.82) is 0 Å². The molecular formula is C19H22N2O5. The molecule has 0 spiro atoms. The normalized spacial score (nSPS) is 11.9. The maximum absolute atomic E-state index is 12.6. The Morgan fingerprint density at radius 1 is 1.12 bits per heavy atom. The number of Topliss-reactive ketones (excluding diaryl/α,β-unsaturated/α-hetero) is 3. The number of aryl methyl sites for hydroxylation is 2. The Morgan fingerprint density at radius 2 is 1.73 bits per heavy atom. The van der Waals surface area contributed by atoms with Gasteiger partial charge in [-0.3, -0.25) is 14.4 Å². The van der Waals surface area contributed by atoms with E-state index in [4.69, 9.17) is 4.74 Å². The van der Waals surface area contributed by atoms with Gasteiger partial charge in [-0.1, -0.05) is 0 Å². The third-order valence-electron chi connectivity index (χ3n) is 4.31. The Kier molecular flexibility index (Phi) is 5.30. The molecule has 2 heterocycles. The number of H-pyrrole nitrogens is 1. The SMILES string of the molecule is CC(=O)c1cc(C(=O)O[C@@H](C)C(=O)c2[nH]c(C)c(C(C)=O)c2C)n(C)c1. The molecule has 1 N–H and O–H groups in total. The number of esters is 1. The number of nitrogens with one attached hydrogen (secondary N) is 1. The van der Waals surface area contributed by atoms with Gasteiger partial charge >= 0.3 is 5.97 Å². The molecule has 0 radical (unpaired) electrons. The molecule has 2 aromatic rings. The molecule has 0 fully saturated rings. The number of ether oxygens (including phenoxy) is 1. The molecule has 7 heteroatoms. The Morgan fingerprint density at radius 3 is 2.19 bits per heavy atom. The lowest BCUT2D eigenvalue weighted by molar-refractivity contribution is 0.0307. The second-order valence-corrected chi connectivity index (χ2v) is 6.37. The first kappa shape index (κ1) is 19.4. The molecule has 0 aliphatic carbocycles. The predicted molar refractivity (Wildman–Crippen MR) is 94.9 cm³/mol. The summed E-state index contributed by atoms with van der Waals surface area (Å²) in [6, 6.07) is 1.43. The third kappa shape index (κ3) is 3.51. The van der Waals surface area contributed by atoms with Crippen LogP contribution in [-0.2, 0) is 11.8 Å². The van der Waals surface area contributed by atoms with E-state index in [2.05, 4.69) is 4.98 Å². The van der Waals surface area contributed by atoms with Gasteiger partial charge in [-0.2, -0.15) is 0 Å². The first-order chi connectivity index (χ1) is 12.0. The van der Waals surface area contributed by atoms with Crippen LogP contribution in [0.15, 0.2) is 12.3 Å². The van der Waals surface area contributed by atoms with Crippen molar-refractivity contribution in [2.24, 2.45) is 7.05 Å². The number of carbonyl (C=O) groups is 4. The highest BCUT2D eigenvalue weighted by molar-refractivity contribution is 6.05. The molecule has 0 saturated heterocycles. The van der Waals surface area contributed by atoms with Gasteiger partial charge in [-0.15, -0.1) is 0 Å². The lowest BCUT2D eigenvalue weighted by atomic mass is 10.0. The van der Waals surface area contributed by atoms with Crippen LogP contribution in [-0.4, -0.2) is 39.0 Å². The van der Waals surface area contributed by atoms with Crippen LogP contribution in [0.2, 0.25) is 0 Å². The van der Waals surface area contributed by atoms with Crippen molar-refractivity contribution in [3.8, 4) is 0 Å². The Labute approximate surface area is 151 Å². The standard InChI is InChI=1S/C19H22N2O5/c1-9-16(12(4)23)10(2)20-17(9)18(24)13(5)26-19(25)15-7-14(11(3)22)8-21(15)6/h7-8,13,20H,1-6H3/t13-/m0/s1. The summed E-state index contributed by atoms with van der Waals surface area (Å²) < 4.78 is 6.75. The number of aromatic nitrogens is 2. The van der Waals surface area contributed by atoms with Crippen molar-refractivity contribution in [2.75, 3.05) is 0 Å². The fourth-order valence-corrected chi connectivity index (χ4v) is 2.96. The van der Waals surface area contributed by atoms with Crippen LogP contribution in [0.1, 0.15) is 73.7 Å². The molecule has 0 aliphatic rings. The van der Waals surface area contributed by atoms with E-state index in [9.17, 15) is 19.2 Å². The smallest absolute Gasteiger partial charge is 0.355 e. The van der Waals surface area contributed by atoms with Gasteiger partial charge in [0.1, 0.15) is 5.69 Å². The first-order valence-electron chi connectivity index (χ1n) is 8.17. The first-order valence-corrected chi connectivity index (χ1v) is 8.17. The van der Waals surface area contributed by atoms with Gasteiger partial charge in [0.2, 0.25) is 5.78 Å². The van der Waals surface area contributed by atoms with E-state index in [0.29, 0.717) is 22.4 Å². The van der Waals surface area contributed by atoms with Gasteiger partial charge in [0.25, 0.3) is 0 Å². The van der Waals surface area contributed by atoms with E-state index >= 15 is 0 Å². The van der Waals surface area contributed by atoms with E-state index in [-0.39, 0.29) is 23.0 Å². The molecule has 7 nitrogen and oxygen atoms in total. The van der Waals surface area contributed by atoms with E-state index < -0.39 is 17.9 Å². The number of carbonyl (C=O) groups excluding carboxylic acids is 4. The van der Waals surface area contributed by atoms with E-state index in [1.54, 1.807) is 20.9 Å². The zero-order valence-electron chi connectivity index (χ0n) is 15.7. The fourth-order valence-electron chi connectivity index (χ4n) is 2.96. The lowest BCUT2D eigenvalue weighted by Crippen LogP contribution is -2.26. The molecule has 0 saturated carbocycles. The second-order valence-electron chi connectivity index (χ2n) is 6.37. The van der Waals surface area contributed by atoms with Crippen molar-refractivity contribution in [3.63, 3.8) is 0 Å². The molecule has 2 aromatic heterocycles. The van der Waals surface area contributed by atoms with Gasteiger partial charge in [0, 0.05) is 30.1 Å². The Bertz CT molecular complexity index is 917. The summed E-state index contributed by atoms with van der Waals surface area (Å²) in [4.78, 5) is 51.0. The highest BCUT2D eigenvalue weighted by Gasteiger charge is 2.27. The zero-order valence-corrected chi connectivity index (χ0v) is 15.7. The molecule has 0 amide bonds. The number of rotatable bonds is 6. The summed E-state index contributed by atoms with van der Waals surface area (Å²) >= 11 is 0. The van der Waals surface area contributed by atoms with Crippen LogP contribution in [0.3, 0.4) is 0 Å². The van der Waals surface area contributed by atoms with Crippen LogP contribution in [0, 0.1) is 13.8 Å². The molecule has 1 atom stereocenters. The highest BCUT2D eigenvalue weighted by atomic mass is 16.5. The number of hydrogen-bond donors (Lipinski definition) is 1. The van der Waals surface area contributed by atoms with Crippen LogP contribution < -0.4 is 0 Å². The molecule has 0 bridgehead atoms. The van der Waals surface area contributed by atoms with Crippen molar-refractivity contribution in [1.82, 2.24) is 9.55 Å². The minimum Gasteiger partial charge on any atom is -0.450 e. The second kappa shape index (κ2) is 7.11. The Hall–Kier alpha value is -2.96. The van der Waals surface area contributed by atoms with Gasteiger partial charge in [0.15, 0.2) is 17.7 Å². The van der Waals surface area contributed by atoms with Crippen molar-refractivity contribution in [3.05, 3.63) is 46.0 Å². The maximum atomic E-state index is 12.6. The van der Waals surface area contributed by atoms with E-state index in [0.717, 1.165) is 0 Å². The van der Waals surface area contributed by atoms with E-state index in [1.165, 1.54) is 37.6 Å². The van der Waals surface area contributed by atoms with E-state index in [1.807, 2.05) is 0 Å². The molecule has 2 rings (SSSR count). The van der Waals surface area contributed by atoms with Crippen LogP contribution >= 0.6 is 0 Å². The topological polar surface area (TPSA) is 98.2 Å². The van der Waals surface area contributed by atoms with Crippen LogP contribution in [0.25, 0.3) is 0 Å². The fraction of sp³-hybridized carbons (Fsp3) is 0.368. The van der Waals surface area contributed by atoms with Crippen LogP contribution in [0.5, 0.6) is 0 Å². The monoisotopic (exact) mass is 358 g/mol. The van der Waals surface area contributed by atoms with Gasteiger partial charge in [-0.25, -0.2) is 4.79 Å². The minimum atomic E-state index is -1.05. The largest absolute Gasteiger partial charge is 0.450 e. The molecule has 0 aromatic carbocycles. The minimum absolute atomic E-state index is 0.138. The van der Waals surface area contributed by atoms with Gasteiger partial charge in [-0.05, 0) is 46.2 Å². The lowest BCUT2D eigenvalue weighted by Gasteiger charge is -2.12. The molecule has 0 aliphatic heterocycles. The number of hydrogen-bond acceptors (Lipinski definition) is 5. The summed E-state index contributed by atoms with van der Waals surface area (Å²) in [5.41, 5.74) is 2.44. The quantitative estimate of drug-likeness (QED) is 0.632. The molecule has 138 valence electrons. The molecule has 0 unspecified atom stereocenters. The summed E-state index contributed by atoms with van der Waals surface area (Å²) in [7, 11) is 1.62. The number of nitrogens with zero attached hydrogens (tertiary/aromatic N) is 1. The van der Waals surface area contributed by atoms with Gasteiger partial charge < -0.3 is 14.3 Å². The average Bonchev–Trinajstić information content (AvgIpc) is 3.06. The summed E-state index contributed by atoms with van der Waals surface area (Å²) in [6.07, 6.45) is 0.484. The van der Waals surface area contributed by atoms with Crippen LogP contribution in [0.4, 0.5) is 0 Å². The summed E-state index contributed by atoms with van der Waals surface area (Å²) in [5, 5.41) is 0. The van der Waals surface area contributed by atoms with Crippen molar-refractivity contribution >= 4 is 23.3 Å². The third-order valence-corrected chi connectivity index (χ3v) is 4.31. The summed E-state index contributed by atoms with van der Waals surface area (Å²) in [5.74, 6) is -1.43. The maximum Gasteiger partial charge on any atom is 0.355 e. The Balaban J connectivity index is 2.22. The average molecular weight is 358 g/mol. The van der Waals surface area contributed by atoms with Gasteiger partial charge in [0.05, 0.1) is 5.69 Å².